The van der Waals surface area contributed by atoms with Gasteiger partial charge in [0.1, 0.15) is 23.5 Å². The molecule has 0 unspecified atom stereocenters. The minimum atomic E-state index is -1.39. The molecule has 3 rings (SSSR count). The first kappa shape index (κ1) is 28.0. The number of aliphatic carboxylic acids is 2. The highest BCUT2D eigenvalue weighted by Gasteiger charge is 2.32. The van der Waals surface area contributed by atoms with Crippen LogP contribution in [0.4, 0.5) is 4.79 Å². The van der Waals surface area contributed by atoms with Gasteiger partial charge in [-0.15, -0.1) is 0 Å². The van der Waals surface area contributed by atoms with Crippen LogP contribution in [-0.2, 0) is 32.1 Å². The largest absolute Gasteiger partial charge is 0.490 e. The molecule has 0 aromatic heterocycles. The van der Waals surface area contributed by atoms with Crippen molar-refractivity contribution < 1.29 is 38.8 Å². The second-order valence-corrected chi connectivity index (χ2v) is 10.3. The van der Waals surface area contributed by atoms with E-state index >= 15 is 0 Å². The van der Waals surface area contributed by atoms with Gasteiger partial charge in [0, 0.05) is 12.8 Å². The SMILES string of the molecule is CC(C)(C)OC(=O)N[C@@H](C[C@H](Cc1ccc(O[C@H]2C[C@H](OCc3ccccc3)C2)cc1)C(=O)O)C(=O)O. The first-order valence-electron chi connectivity index (χ1n) is 12.3. The summed E-state index contributed by atoms with van der Waals surface area (Å²) in [4.78, 5) is 35.5. The summed E-state index contributed by atoms with van der Waals surface area (Å²) < 4.78 is 17.0. The number of ether oxygens (including phenoxy) is 3. The van der Waals surface area contributed by atoms with Crippen molar-refractivity contribution in [1.29, 1.82) is 0 Å². The maximum atomic E-state index is 12.0. The Morgan fingerprint density at radius 1 is 0.919 bits per heavy atom. The summed E-state index contributed by atoms with van der Waals surface area (Å²) in [6.07, 6.45) is 0.747. The molecule has 2 atom stereocenters. The molecule has 9 nitrogen and oxygen atoms in total. The highest BCUT2D eigenvalue weighted by atomic mass is 16.6. The number of carboxylic acids is 2. The number of nitrogens with one attached hydrogen (secondary N) is 1. The number of amides is 1. The van der Waals surface area contributed by atoms with Crippen molar-refractivity contribution in [1.82, 2.24) is 5.32 Å². The lowest BCUT2D eigenvalue weighted by Crippen LogP contribution is -2.45. The van der Waals surface area contributed by atoms with Gasteiger partial charge in [0.05, 0.1) is 18.6 Å². The third-order valence-electron chi connectivity index (χ3n) is 5.95. The van der Waals surface area contributed by atoms with Gasteiger partial charge >= 0.3 is 18.0 Å². The van der Waals surface area contributed by atoms with Gasteiger partial charge < -0.3 is 29.7 Å². The molecule has 1 aliphatic rings. The smallest absolute Gasteiger partial charge is 0.408 e. The molecule has 200 valence electrons. The van der Waals surface area contributed by atoms with Crippen molar-refractivity contribution in [3.8, 4) is 5.75 Å². The van der Waals surface area contributed by atoms with E-state index in [0.717, 1.165) is 24.0 Å². The van der Waals surface area contributed by atoms with Crippen LogP contribution in [0.3, 0.4) is 0 Å². The van der Waals surface area contributed by atoms with E-state index in [0.29, 0.717) is 12.4 Å². The Kier molecular flexibility index (Phi) is 9.52. The molecular formula is C28H35NO8. The van der Waals surface area contributed by atoms with Crippen molar-refractivity contribution in [2.45, 2.75) is 76.9 Å². The molecule has 1 aliphatic carbocycles. The first-order chi connectivity index (χ1) is 17.5. The highest BCUT2D eigenvalue weighted by molar-refractivity contribution is 5.81. The number of alkyl carbamates (subject to hydrolysis) is 1. The van der Waals surface area contributed by atoms with Crippen LogP contribution in [0, 0.1) is 5.92 Å². The molecule has 0 aliphatic heterocycles. The second kappa shape index (κ2) is 12.6. The van der Waals surface area contributed by atoms with E-state index in [1.54, 1.807) is 45.0 Å². The molecule has 9 heteroatoms. The highest BCUT2D eigenvalue weighted by Crippen LogP contribution is 2.29. The first-order valence-corrected chi connectivity index (χ1v) is 12.3. The molecular weight excluding hydrogens is 478 g/mol. The van der Waals surface area contributed by atoms with E-state index in [1.807, 2.05) is 30.3 Å². The van der Waals surface area contributed by atoms with Crippen molar-refractivity contribution >= 4 is 18.0 Å². The summed E-state index contributed by atoms with van der Waals surface area (Å²) in [5, 5.41) is 21.4. The molecule has 1 saturated carbocycles. The Bertz CT molecular complexity index is 1040. The van der Waals surface area contributed by atoms with Gasteiger partial charge in [0.25, 0.3) is 0 Å². The number of carbonyl (C=O) groups excluding carboxylic acids is 1. The molecule has 0 saturated heterocycles. The molecule has 0 heterocycles. The molecule has 2 aromatic carbocycles. The van der Waals surface area contributed by atoms with Crippen molar-refractivity contribution in [2.75, 3.05) is 0 Å². The molecule has 3 N–H and O–H groups in total. The zero-order valence-corrected chi connectivity index (χ0v) is 21.4. The Hall–Kier alpha value is -3.59. The maximum Gasteiger partial charge on any atom is 0.408 e. The van der Waals surface area contributed by atoms with Crippen LogP contribution < -0.4 is 10.1 Å². The average Bonchev–Trinajstić information content (AvgIpc) is 2.79. The van der Waals surface area contributed by atoms with Crippen LogP contribution >= 0.6 is 0 Å². The van der Waals surface area contributed by atoms with Gasteiger partial charge in [-0.3, -0.25) is 4.79 Å². The fourth-order valence-corrected chi connectivity index (χ4v) is 3.95. The van der Waals surface area contributed by atoms with Crippen LogP contribution in [-0.4, -0.2) is 52.1 Å². The summed E-state index contributed by atoms with van der Waals surface area (Å²) >= 11 is 0. The molecule has 0 bridgehead atoms. The zero-order valence-electron chi connectivity index (χ0n) is 21.4. The van der Waals surface area contributed by atoms with E-state index in [2.05, 4.69) is 5.32 Å². The fourth-order valence-electron chi connectivity index (χ4n) is 3.95. The minimum absolute atomic E-state index is 0.0636. The van der Waals surface area contributed by atoms with Gasteiger partial charge in [-0.2, -0.15) is 0 Å². The fraction of sp³-hybridized carbons (Fsp3) is 0.464. The number of carbonyl (C=O) groups is 3. The predicted octanol–water partition coefficient (Wildman–Crippen LogP) is 4.42. The topological polar surface area (TPSA) is 131 Å². The standard InChI is InChI=1S/C28H35NO8/c1-28(2,3)37-27(34)29-24(26(32)33)14-20(25(30)31)13-18-9-11-21(12-10-18)36-23-15-22(16-23)35-17-19-7-5-4-6-8-19/h4-12,20,22-24H,13-17H2,1-3H3,(H,29,34)(H,30,31)(H,32,33)/t20-,22-,23-,24-/m0/s1. The van der Waals surface area contributed by atoms with Gasteiger partial charge in [0.2, 0.25) is 0 Å². The van der Waals surface area contributed by atoms with Crippen molar-refractivity contribution in [3.63, 3.8) is 0 Å². The predicted molar refractivity (Wildman–Crippen MR) is 135 cm³/mol. The van der Waals surface area contributed by atoms with Crippen LogP contribution in [0.5, 0.6) is 5.75 Å². The van der Waals surface area contributed by atoms with E-state index in [1.165, 1.54) is 0 Å². The number of carboxylic acid groups (broad SMARTS) is 2. The summed E-state index contributed by atoms with van der Waals surface area (Å²) in [5.74, 6) is -2.81. The number of rotatable bonds is 12. The van der Waals surface area contributed by atoms with Crippen LogP contribution in [0.1, 0.15) is 51.2 Å². The molecule has 0 radical (unpaired) electrons. The summed E-state index contributed by atoms with van der Waals surface area (Å²) in [7, 11) is 0. The molecule has 0 spiro atoms. The monoisotopic (exact) mass is 513 g/mol. The number of hydrogen-bond donors (Lipinski definition) is 3. The van der Waals surface area contributed by atoms with Crippen LogP contribution in [0.15, 0.2) is 54.6 Å². The molecule has 1 amide bonds. The normalized spacial score (nSPS) is 18.7. The summed E-state index contributed by atoms with van der Waals surface area (Å²) in [6.45, 7) is 5.53. The summed E-state index contributed by atoms with van der Waals surface area (Å²) in [5.41, 5.74) is 1.05. The lowest BCUT2D eigenvalue weighted by Gasteiger charge is -2.35. The van der Waals surface area contributed by atoms with Gasteiger partial charge in [0.15, 0.2) is 0 Å². The molecule has 2 aromatic rings. The van der Waals surface area contributed by atoms with Crippen molar-refractivity contribution in [3.05, 3.63) is 65.7 Å². The average molecular weight is 514 g/mol. The summed E-state index contributed by atoms with van der Waals surface area (Å²) in [6, 6.07) is 15.7. The van der Waals surface area contributed by atoms with Gasteiger partial charge in [-0.25, -0.2) is 9.59 Å². The molecule has 37 heavy (non-hydrogen) atoms. The Morgan fingerprint density at radius 3 is 2.14 bits per heavy atom. The zero-order chi connectivity index (χ0) is 27.0. The quantitative estimate of drug-likeness (QED) is 0.380. The van der Waals surface area contributed by atoms with Gasteiger partial charge in [-0.1, -0.05) is 42.5 Å². The lowest BCUT2D eigenvalue weighted by atomic mass is 9.91. The Morgan fingerprint density at radius 2 is 1.57 bits per heavy atom. The lowest BCUT2D eigenvalue weighted by molar-refractivity contribution is -0.144. The maximum absolute atomic E-state index is 12.0. The van der Waals surface area contributed by atoms with Crippen LogP contribution in [0.25, 0.3) is 0 Å². The van der Waals surface area contributed by atoms with Crippen LogP contribution in [0.2, 0.25) is 0 Å². The van der Waals surface area contributed by atoms with Crippen molar-refractivity contribution in [2.24, 2.45) is 5.92 Å². The molecule has 1 fully saturated rings. The number of benzene rings is 2. The third-order valence-corrected chi connectivity index (χ3v) is 5.95. The number of hydrogen-bond acceptors (Lipinski definition) is 6. The van der Waals surface area contributed by atoms with Gasteiger partial charge in [-0.05, 0) is 56.9 Å². The van der Waals surface area contributed by atoms with E-state index in [9.17, 15) is 24.6 Å². The minimum Gasteiger partial charge on any atom is -0.490 e. The third kappa shape index (κ3) is 9.42. The van der Waals surface area contributed by atoms with E-state index in [4.69, 9.17) is 14.2 Å². The van der Waals surface area contributed by atoms with E-state index in [-0.39, 0.29) is 25.0 Å². The second-order valence-electron chi connectivity index (χ2n) is 10.3. The Labute approximate surface area is 216 Å². The Balaban J connectivity index is 1.47. The van der Waals surface area contributed by atoms with E-state index < -0.39 is 35.6 Å².